The quantitative estimate of drug-likeness (QED) is 0.108. The molecule has 0 bridgehead atoms. The number of hydrogen-bond donors (Lipinski definition) is 7. The second-order valence-electron chi connectivity index (χ2n) is 10.7. The number of ether oxygens (including phenoxy) is 2. The maximum absolute atomic E-state index is 13.0. The summed E-state index contributed by atoms with van der Waals surface area (Å²) in [6, 6.07) is 7.92. The van der Waals surface area contributed by atoms with Gasteiger partial charge in [-0.25, -0.2) is 4.79 Å². The number of aliphatic hydroxyl groups excluding tert-OH is 3. The highest BCUT2D eigenvalue weighted by Gasteiger charge is 2.46. The molecule has 43 heavy (non-hydrogen) atoms. The van der Waals surface area contributed by atoms with E-state index in [-0.39, 0.29) is 28.1 Å². The summed E-state index contributed by atoms with van der Waals surface area (Å²) in [6.07, 6.45) is -4.86. The summed E-state index contributed by atoms with van der Waals surface area (Å²) in [4.78, 5) is 25.5. The maximum atomic E-state index is 13.0. The zero-order valence-electron chi connectivity index (χ0n) is 23.5. The molecule has 7 N–H and O–H groups in total. The van der Waals surface area contributed by atoms with E-state index in [1.165, 1.54) is 37.3 Å². The van der Waals surface area contributed by atoms with Crippen LogP contribution in [0.4, 0.5) is 0 Å². The van der Waals surface area contributed by atoms with Crippen LogP contribution in [0.1, 0.15) is 38.4 Å². The number of esters is 1. The second-order valence-corrected chi connectivity index (χ2v) is 10.7. The lowest BCUT2D eigenvalue weighted by atomic mass is 9.89. The second kappa shape index (κ2) is 12.6. The molecule has 1 aliphatic rings. The third-order valence-electron chi connectivity index (χ3n) is 7.40. The molecule has 2 heterocycles. The monoisotopic (exact) mass is 598 g/mol. The molecule has 12 nitrogen and oxygen atoms in total. The van der Waals surface area contributed by atoms with Crippen LogP contribution in [0.25, 0.3) is 22.3 Å². The number of hydrogen-bond acceptors (Lipinski definition) is 12. The predicted molar refractivity (Wildman–Crippen MR) is 153 cm³/mol. The molecular formula is C31H34O12. The highest BCUT2D eigenvalue weighted by atomic mass is 16.6. The first kappa shape index (κ1) is 31.7. The summed E-state index contributed by atoms with van der Waals surface area (Å²) in [5, 5.41) is 72.8. The lowest BCUT2D eigenvalue weighted by molar-refractivity contribution is -0.234. The zero-order valence-corrected chi connectivity index (χ0v) is 23.5. The number of carbonyl (C=O) groups excluding carboxylic acids is 1. The Labute approximate surface area is 246 Å². The van der Waals surface area contributed by atoms with E-state index in [0.29, 0.717) is 18.4 Å². The van der Waals surface area contributed by atoms with Gasteiger partial charge in [0, 0.05) is 23.3 Å². The van der Waals surface area contributed by atoms with E-state index in [1.54, 1.807) is 13.0 Å². The molecule has 4 rings (SSSR count). The van der Waals surface area contributed by atoms with Crippen molar-refractivity contribution in [2.24, 2.45) is 0 Å². The van der Waals surface area contributed by atoms with Crippen molar-refractivity contribution in [1.82, 2.24) is 0 Å². The molecule has 3 aromatic rings. The average Bonchev–Trinajstić information content (AvgIpc) is 2.96. The van der Waals surface area contributed by atoms with Crippen molar-refractivity contribution in [3.05, 3.63) is 76.5 Å². The summed E-state index contributed by atoms with van der Waals surface area (Å²) < 4.78 is 16.7. The van der Waals surface area contributed by atoms with Gasteiger partial charge in [0.25, 0.3) is 0 Å². The standard InChI is InChI=1S/C31H34O12/c1-4-31(3,40)11-5-6-15(2)30(39)41-14-22-25(35)27(37)28(38)29(43-22)24-19(34)13-21-23(26(24)36)18(33)12-20(42-21)16-7-9-17(32)10-8-16/h4,6-10,12-13,22,25,27-29,32,34-38,40H,1,5,11,14H2,2-3H3/t22-,25-,27-,28-,29-,31-/m0/s1. The first-order valence-corrected chi connectivity index (χ1v) is 13.5. The Morgan fingerprint density at radius 2 is 1.74 bits per heavy atom. The van der Waals surface area contributed by atoms with E-state index in [2.05, 4.69) is 6.58 Å². The molecule has 230 valence electrons. The van der Waals surface area contributed by atoms with E-state index in [9.17, 15) is 45.3 Å². The summed E-state index contributed by atoms with van der Waals surface area (Å²) in [5.41, 5.74) is -1.79. The third-order valence-corrected chi connectivity index (χ3v) is 7.40. The molecule has 0 saturated carbocycles. The Morgan fingerprint density at radius 3 is 2.40 bits per heavy atom. The number of aromatic hydroxyl groups is 3. The first-order valence-electron chi connectivity index (χ1n) is 13.5. The topological polar surface area (TPSA) is 207 Å². The van der Waals surface area contributed by atoms with Crippen molar-refractivity contribution in [2.45, 2.75) is 62.8 Å². The normalized spacial score (nSPS) is 24.0. The van der Waals surface area contributed by atoms with Gasteiger partial charge in [0.15, 0.2) is 5.43 Å². The molecule has 1 saturated heterocycles. The van der Waals surface area contributed by atoms with Crippen LogP contribution in [0.2, 0.25) is 0 Å². The fourth-order valence-electron chi connectivity index (χ4n) is 4.72. The lowest BCUT2D eigenvalue weighted by Gasteiger charge is -2.40. The van der Waals surface area contributed by atoms with Gasteiger partial charge in [-0.05, 0) is 51.0 Å². The summed E-state index contributed by atoms with van der Waals surface area (Å²) in [7, 11) is 0. The first-order chi connectivity index (χ1) is 20.2. The summed E-state index contributed by atoms with van der Waals surface area (Å²) in [6.45, 7) is 6.05. The highest BCUT2D eigenvalue weighted by Crippen LogP contribution is 2.44. The van der Waals surface area contributed by atoms with Crippen LogP contribution in [0, 0.1) is 0 Å². The van der Waals surface area contributed by atoms with Crippen molar-refractivity contribution >= 4 is 16.9 Å². The van der Waals surface area contributed by atoms with E-state index in [0.717, 1.165) is 12.1 Å². The van der Waals surface area contributed by atoms with Crippen molar-refractivity contribution < 1.29 is 54.4 Å². The molecule has 0 aliphatic carbocycles. The molecular weight excluding hydrogens is 564 g/mol. The van der Waals surface area contributed by atoms with Crippen LogP contribution in [-0.2, 0) is 14.3 Å². The van der Waals surface area contributed by atoms with Crippen LogP contribution < -0.4 is 5.43 Å². The number of rotatable bonds is 9. The highest BCUT2D eigenvalue weighted by molar-refractivity contribution is 5.88. The molecule has 6 atom stereocenters. The van der Waals surface area contributed by atoms with Crippen LogP contribution >= 0.6 is 0 Å². The third kappa shape index (κ3) is 6.74. The van der Waals surface area contributed by atoms with Crippen molar-refractivity contribution in [1.29, 1.82) is 0 Å². The minimum atomic E-state index is -1.86. The molecule has 0 radical (unpaired) electrons. The van der Waals surface area contributed by atoms with Gasteiger partial charge in [-0.15, -0.1) is 6.58 Å². The van der Waals surface area contributed by atoms with Gasteiger partial charge in [0.2, 0.25) is 0 Å². The smallest absolute Gasteiger partial charge is 0.333 e. The van der Waals surface area contributed by atoms with Gasteiger partial charge in [0.05, 0.1) is 11.2 Å². The lowest BCUT2D eigenvalue weighted by Crippen LogP contribution is -2.55. The number of fused-ring (bicyclic) bond motifs is 1. The van der Waals surface area contributed by atoms with E-state index in [1.807, 2.05) is 0 Å². The molecule has 0 spiro atoms. The van der Waals surface area contributed by atoms with Crippen LogP contribution in [0.15, 0.2) is 69.9 Å². The number of allylic oxidation sites excluding steroid dienone is 1. The fourth-order valence-corrected chi connectivity index (χ4v) is 4.72. The maximum Gasteiger partial charge on any atom is 0.333 e. The van der Waals surface area contributed by atoms with E-state index in [4.69, 9.17) is 13.9 Å². The van der Waals surface area contributed by atoms with Crippen molar-refractivity contribution in [3.63, 3.8) is 0 Å². The summed E-state index contributed by atoms with van der Waals surface area (Å²) >= 11 is 0. The van der Waals surface area contributed by atoms with Gasteiger partial charge < -0.3 is 49.6 Å². The molecule has 1 fully saturated rings. The van der Waals surface area contributed by atoms with Crippen LogP contribution in [0.5, 0.6) is 17.2 Å². The van der Waals surface area contributed by atoms with E-state index < -0.39 is 71.2 Å². The number of carbonyl (C=O) groups is 1. The SMILES string of the molecule is C=C[C@](C)(O)CCC=C(C)C(=O)OC[C@@H]1O[C@@H](c2c(O)cc3oc(-c4ccc(O)cc4)cc(=O)c3c2O)[C@@H](O)[C@@H](O)[C@H]1O. The Morgan fingerprint density at radius 1 is 1.07 bits per heavy atom. The minimum Gasteiger partial charge on any atom is -0.508 e. The number of phenolic OH excluding ortho intramolecular Hbond substituents is 3. The van der Waals surface area contributed by atoms with Crippen molar-refractivity contribution in [3.8, 4) is 28.6 Å². The molecule has 2 aromatic carbocycles. The van der Waals surface area contributed by atoms with Crippen LogP contribution in [-0.4, -0.2) is 78.3 Å². The van der Waals surface area contributed by atoms with Crippen molar-refractivity contribution in [2.75, 3.05) is 6.61 Å². The van der Waals surface area contributed by atoms with Gasteiger partial charge in [-0.3, -0.25) is 4.79 Å². The van der Waals surface area contributed by atoms with Gasteiger partial charge in [-0.2, -0.15) is 0 Å². The fraction of sp³-hybridized carbons (Fsp3) is 0.355. The number of phenols is 3. The zero-order chi connectivity index (χ0) is 31.6. The molecule has 0 unspecified atom stereocenters. The molecule has 1 aromatic heterocycles. The Balaban J connectivity index is 1.58. The van der Waals surface area contributed by atoms with Gasteiger partial charge >= 0.3 is 5.97 Å². The van der Waals surface area contributed by atoms with Gasteiger partial charge in [-0.1, -0.05) is 12.2 Å². The van der Waals surface area contributed by atoms with Crippen LogP contribution in [0.3, 0.4) is 0 Å². The number of aliphatic hydroxyl groups is 4. The van der Waals surface area contributed by atoms with Gasteiger partial charge in [0.1, 0.15) is 71.1 Å². The largest absolute Gasteiger partial charge is 0.508 e. The number of benzene rings is 2. The average molecular weight is 599 g/mol. The molecule has 0 amide bonds. The molecule has 12 heteroatoms. The predicted octanol–water partition coefficient (Wildman–Crippen LogP) is 2.31. The summed E-state index contributed by atoms with van der Waals surface area (Å²) in [5.74, 6) is -2.09. The molecule has 1 aliphatic heterocycles. The Hall–Kier alpha value is -4.20. The Kier molecular flexibility index (Phi) is 9.28. The Bertz CT molecular complexity index is 1590. The minimum absolute atomic E-state index is 0.000664. The van der Waals surface area contributed by atoms with E-state index >= 15 is 0 Å².